The van der Waals surface area contributed by atoms with Gasteiger partial charge in [0.1, 0.15) is 0 Å². The van der Waals surface area contributed by atoms with Crippen molar-refractivity contribution in [2.24, 2.45) is 0 Å². The number of anilines is 1. The van der Waals surface area contributed by atoms with E-state index in [2.05, 4.69) is 25.5 Å². The van der Waals surface area contributed by atoms with Crippen molar-refractivity contribution in [2.45, 2.75) is 5.22 Å². The molecule has 1 amide bonds. The second kappa shape index (κ2) is 7.32. The van der Waals surface area contributed by atoms with E-state index in [1.165, 1.54) is 0 Å². The minimum absolute atomic E-state index is 0.123. The number of carbonyl (C=O) groups excluding carboxylic acids is 1. The van der Waals surface area contributed by atoms with Gasteiger partial charge >= 0.3 is 0 Å². The molecule has 0 atom stereocenters. The van der Waals surface area contributed by atoms with E-state index in [0.29, 0.717) is 11.1 Å². The van der Waals surface area contributed by atoms with E-state index >= 15 is 0 Å². The van der Waals surface area contributed by atoms with Gasteiger partial charge in [-0.2, -0.15) is 0 Å². The van der Waals surface area contributed by atoms with Crippen LogP contribution < -0.4 is 5.32 Å². The van der Waals surface area contributed by atoms with Crippen LogP contribution in [0, 0.1) is 0 Å². The van der Waals surface area contributed by atoms with Gasteiger partial charge in [0.2, 0.25) is 17.7 Å². The number of nitrogens with zero attached hydrogens (tertiary/aromatic N) is 4. The number of rotatable bonds is 5. The summed E-state index contributed by atoms with van der Waals surface area (Å²) >= 11 is 1.16. The number of nitrogens with one attached hydrogen (secondary N) is 1. The van der Waals surface area contributed by atoms with Gasteiger partial charge in [-0.1, -0.05) is 42.1 Å². The fourth-order valence-corrected chi connectivity index (χ4v) is 2.92. The van der Waals surface area contributed by atoms with Crippen LogP contribution in [0.4, 0.5) is 5.95 Å². The molecule has 2 heterocycles. The molecule has 0 aliphatic rings. The van der Waals surface area contributed by atoms with Crippen molar-refractivity contribution in [3.8, 4) is 11.5 Å². The minimum atomic E-state index is -0.244. The third-order valence-corrected chi connectivity index (χ3v) is 4.37. The van der Waals surface area contributed by atoms with Crippen LogP contribution in [0.1, 0.15) is 0 Å². The molecule has 1 N–H and O–H groups in total. The van der Waals surface area contributed by atoms with E-state index in [9.17, 15) is 4.79 Å². The number of benzene rings is 2. The van der Waals surface area contributed by atoms with Crippen LogP contribution in [0.25, 0.3) is 22.2 Å². The predicted octanol–water partition coefficient (Wildman–Crippen LogP) is 3.41. The van der Waals surface area contributed by atoms with Crippen molar-refractivity contribution < 1.29 is 9.21 Å². The summed E-state index contributed by atoms with van der Waals surface area (Å²) in [6.07, 6.45) is 3.12. The van der Waals surface area contributed by atoms with Gasteiger partial charge in [0.15, 0.2) is 0 Å². The van der Waals surface area contributed by atoms with Crippen LogP contribution in [0.3, 0.4) is 0 Å². The fourth-order valence-electron chi connectivity index (χ4n) is 2.36. The molecule has 2 aromatic carbocycles. The normalized spacial score (nSPS) is 10.8. The van der Waals surface area contributed by atoms with Crippen molar-refractivity contribution in [3.63, 3.8) is 0 Å². The molecule has 0 saturated heterocycles. The lowest BCUT2D eigenvalue weighted by Crippen LogP contribution is -2.15. The Morgan fingerprint density at radius 1 is 1.00 bits per heavy atom. The number of amides is 1. The molecule has 0 radical (unpaired) electrons. The van der Waals surface area contributed by atoms with Crippen LogP contribution in [0.5, 0.6) is 0 Å². The second-order valence-electron chi connectivity index (χ2n) is 5.34. The Balaban J connectivity index is 1.41. The molecule has 26 heavy (non-hydrogen) atoms. The maximum absolute atomic E-state index is 11.9. The zero-order valence-corrected chi connectivity index (χ0v) is 14.3. The van der Waals surface area contributed by atoms with Crippen LogP contribution >= 0.6 is 11.8 Å². The average molecular weight is 363 g/mol. The van der Waals surface area contributed by atoms with Crippen LogP contribution in [-0.2, 0) is 4.79 Å². The summed E-state index contributed by atoms with van der Waals surface area (Å²) in [4.78, 5) is 19.8. The monoisotopic (exact) mass is 363 g/mol. The lowest BCUT2D eigenvalue weighted by atomic mass is 10.1. The smallest absolute Gasteiger partial charge is 0.277 e. The number of thioether (sulfide) groups is 1. The number of hydrogen-bond donors (Lipinski definition) is 1. The van der Waals surface area contributed by atoms with Crippen molar-refractivity contribution in [1.82, 2.24) is 20.2 Å². The van der Waals surface area contributed by atoms with E-state index in [1.54, 1.807) is 18.5 Å². The molecule has 0 spiro atoms. The molecule has 4 aromatic rings. The Morgan fingerprint density at radius 3 is 2.65 bits per heavy atom. The third kappa shape index (κ3) is 3.70. The van der Waals surface area contributed by atoms with Gasteiger partial charge in [-0.25, -0.2) is 9.97 Å². The molecule has 2 aromatic heterocycles. The molecule has 8 heteroatoms. The third-order valence-electron chi connectivity index (χ3n) is 3.55. The van der Waals surface area contributed by atoms with Crippen molar-refractivity contribution in [2.75, 3.05) is 11.1 Å². The first-order chi connectivity index (χ1) is 12.8. The number of hydrogen-bond acceptors (Lipinski definition) is 7. The lowest BCUT2D eigenvalue weighted by molar-refractivity contribution is -0.113. The van der Waals surface area contributed by atoms with E-state index in [0.717, 1.165) is 28.1 Å². The molecule has 0 aliphatic heterocycles. The lowest BCUT2D eigenvalue weighted by Gasteiger charge is -2.01. The standard InChI is InChI=1S/C18H13N5O2S/c24-15(21-17-19-8-3-9-20-17)11-26-18-23-22-16(25-18)14-7-6-12-4-1-2-5-13(12)10-14/h1-10H,11H2,(H,19,20,21,24). The number of aromatic nitrogens is 4. The van der Waals surface area contributed by atoms with Gasteiger partial charge in [-0.3, -0.25) is 10.1 Å². The van der Waals surface area contributed by atoms with Crippen molar-refractivity contribution in [1.29, 1.82) is 0 Å². The summed E-state index contributed by atoms with van der Waals surface area (Å²) in [6, 6.07) is 15.7. The van der Waals surface area contributed by atoms with Gasteiger partial charge in [-0.15, -0.1) is 10.2 Å². The second-order valence-corrected chi connectivity index (χ2v) is 6.27. The molecule has 4 rings (SSSR count). The maximum atomic E-state index is 11.9. The predicted molar refractivity (Wildman–Crippen MR) is 98.6 cm³/mol. The summed E-state index contributed by atoms with van der Waals surface area (Å²) in [5, 5.41) is 13.2. The number of carbonyl (C=O) groups is 1. The molecule has 0 aliphatic carbocycles. The summed E-state index contributed by atoms with van der Waals surface area (Å²) < 4.78 is 5.65. The SMILES string of the molecule is O=C(CSc1nnc(-c2ccc3ccccc3c2)o1)Nc1ncccn1. The Bertz CT molecular complexity index is 1050. The Labute approximate surface area is 152 Å². The zero-order valence-electron chi connectivity index (χ0n) is 13.5. The summed E-state index contributed by atoms with van der Waals surface area (Å²) in [6.45, 7) is 0. The topological polar surface area (TPSA) is 93.8 Å². The Hall–Kier alpha value is -3.26. The first-order valence-corrected chi connectivity index (χ1v) is 8.79. The summed E-state index contributed by atoms with van der Waals surface area (Å²) in [5.41, 5.74) is 0.838. The highest BCUT2D eigenvalue weighted by Gasteiger charge is 2.12. The van der Waals surface area contributed by atoms with E-state index < -0.39 is 0 Å². The van der Waals surface area contributed by atoms with Gasteiger partial charge in [0, 0.05) is 18.0 Å². The highest BCUT2D eigenvalue weighted by molar-refractivity contribution is 7.99. The molecular weight excluding hydrogens is 350 g/mol. The zero-order chi connectivity index (χ0) is 17.8. The van der Waals surface area contributed by atoms with Gasteiger partial charge in [0.25, 0.3) is 5.22 Å². The van der Waals surface area contributed by atoms with Gasteiger partial charge in [0.05, 0.1) is 5.75 Å². The van der Waals surface area contributed by atoms with E-state index in [-0.39, 0.29) is 17.6 Å². The molecule has 0 saturated carbocycles. The molecule has 0 unspecified atom stereocenters. The quantitative estimate of drug-likeness (QED) is 0.543. The Morgan fingerprint density at radius 2 is 1.81 bits per heavy atom. The number of fused-ring (bicyclic) bond motifs is 1. The minimum Gasteiger partial charge on any atom is -0.411 e. The van der Waals surface area contributed by atoms with Gasteiger partial charge in [-0.05, 0) is 29.0 Å². The van der Waals surface area contributed by atoms with E-state index in [4.69, 9.17) is 4.42 Å². The maximum Gasteiger partial charge on any atom is 0.277 e. The first-order valence-electron chi connectivity index (χ1n) is 7.80. The van der Waals surface area contributed by atoms with Crippen LogP contribution in [-0.4, -0.2) is 31.8 Å². The summed E-state index contributed by atoms with van der Waals surface area (Å²) in [7, 11) is 0. The van der Waals surface area contributed by atoms with E-state index in [1.807, 2.05) is 42.5 Å². The fraction of sp³-hybridized carbons (Fsp3) is 0.0556. The van der Waals surface area contributed by atoms with Crippen LogP contribution in [0.15, 0.2) is 70.6 Å². The highest BCUT2D eigenvalue weighted by Crippen LogP contribution is 2.26. The summed E-state index contributed by atoms with van der Waals surface area (Å²) in [5.74, 6) is 0.564. The highest BCUT2D eigenvalue weighted by atomic mass is 32.2. The first kappa shape index (κ1) is 16.2. The molecule has 128 valence electrons. The molecule has 0 fully saturated rings. The largest absolute Gasteiger partial charge is 0.411 e. The molecule has 7 nitrogen and oxygen atoms in total. The average Bonchev–Trinajstić information content (AvgIpc) is 3.16. The van der Waals surface area contributed by atoms with Crippen LogP contribution in [0.2, 0.25) is 0 Å². The Kier molecular flexibility index (Phi) is 4.57. The van der Waals surface area contributed by atoms with Crippen molar-refractivity contribution >= 4 is 34.4 Å². The van der Waals surface area contributed by atoms with Gasteiger partial charge < -0.3 is 4.42 Å². The molecule has 0 bridgehead atoms. The van der Waals surface area contributed by atoms with Crippen molar-refractivity contribution in [3.05, 3.63) is 60.9 Å². The molecular formula is C18H13N5O2S.